The number of benzene rings is 2. The SMILES string of the molecule is COCCCn1c([S+](C)[O-])nc(-c2ccc(F)cc2)c1-c1ccnc(NC2CCCCCC2)c1.C[S+]([O-])c1nc(-c2ccc(F)cc2)c(-c2ccnc(NC3CCCC3)c2)n1CCCO. The molecule has 2 aromatic carbocycles. The second-order valence-corrected chi connectivity index (χ2v) is 19.2. The minimum absolute atomic E-state index is 0.0180. The van der Waals surface area contributed by atoms with Gasteiger partial charge in [0.25, 0.3) is 0 Å². The van der Waals surface area contributed by atoms with Gasteiger partial charge in [-0.15, -0.1) is 0 Å². The molecule has 0 radical (unpaired) electrons. The maximum absolute atomic E-state index is 13.6. The molecule has 2 aliphatic carbocycles. The van der Waals surface area contributed by atoms with Crippen LogP contribution < -0.4 is 10.6 Å². The largest absolute Gasteiger partial charge is 0.609 e. The Kier molecular flexibility index (Phi) is 17.4. The van der Waals surface area contributed by atoms with Crippen LogP contribution in [0.15, 0.2) is 95.5 Å². The van der Waals surface area contributed by atoms with Crippen LogP contribution in [0, 0.1) is 11.6 Å². The van der Waals surface area contributed by atoms with Gasteiger partial charge in [-0.1, -0.05) is 38.5 Å². The summed E-state index contributed by atoms with van der Waals surface area (Å²) in [6.07, 6.45) is 20.2. The lowest BCUT2D eigenvalue weighted by Gasteiger charge is -2.18. The Morgan fingerprint density at radius 1 is 0.631 bits per heavy atom. The predicted octanol–water partition coefficient (Wildman–Crippen LogP) is 9.89. The van der Waals surface area contributed by atoms with Crippen LogP contribution in [0.1, 0.15) is 77.0 Å². The van der Waals surface area contributed by atoms with Crippen molar-refractivity contribution in [3.63, 3.8) is 0 Å². The Bertz CT molecular complexity index is 2420. The topological polar surface area (TPSA) is 161 Å². The molecule has 2 unspecified atom stereocenters. The standard InChI is InChI=1S/C26H33FN4O2S.C23H27FN4O2S/c1-33-17-7-16-31-25(24(30-26(31)34(2)32)19-10-12-21(27)13-11-19)20-14-15-28-23(18-20)29-22-8-5-3-4-6-9-22;1-31(30)23-27-21(16-7-9-18(24)10-8-16)22(28(23)13-4-14-29)17-11-12-25-20(15-17)26-19-5-2-3-6-19/h10-15,18,22H,3-9,16-17H2,1-2H3,(H,28,29);7-12,15,19,29H,2-6,13-14H2,1H3,(H,25,26). The average molecular weight is 927 g/mol. The van der Waals surface area contributed by atoms with E-state index in [0.29, 0.717) is 59.9 Å². The van der Waals surface area contributed by atoms with Gasteiger partial charge in [0.1, 0.15) is 47.2 Å². The van der Waals surface area contributed by atoms with E-state index >= 15 is 0 Å². The van der Waals surface area contributed by atoms with Gasteiger partial charge in [0.15, 0.2) is 0 Å². The second kappa shape index (κ2) is 23.6. The van der Waals surface area contributed by atoms with Crippen molar-refractivity contribution in [1.82, 2.24) is 29.1 Å². The van der Waals surface area contributed by atoms with Gasteiger partial charge in [-0.3, -0.25) is 9.13 Å². The first-order valence-corrected chi connectivity index (χ1v) is 25.7. The van der Waals surface area contributed by atoms with Crippen LogP contribution in [-0.2, 0) is 40.2 Å². The molecule has 65 heavy (non-hydrogen) atoms. The summed E-state index contributed by atoms with van der Waals surface area (Å²) in [6.45, 7) is 1.69. The number of aromatic nitrogens is 6. The Balaban J connectivity index is 0.000000195. The van der Waals surface area contributed by atoms with Crippen molar-refractivity contribution in [2.24, 2.45) is 0 Å². The third-order valence-corrected chi connectivity index (χ3v) is 13.5. The molecule has 0 aliphatic heterocycles. The van der Waals surface area contributed by atoms with Gasteiger partial charge in [0.2, 0.25) is 0 Å². The fourth-order valence-electron chi connectivity index (χ4n) is 8.74. The Morgan fingerprint density at radius 2 is 1.05 bits per heavy atom. The van der Waals surface area contributed by atoms with Crippen LogP contribution in [0.3, 0.4) is 0 Å². The second-order valence-electron chi connectivity index (χ2n) is 16.7. The lowest BCUT2D eigenvalue weighted by Crippen LogP contribution is -2.19. The summed E-state index contributed by atoms with van der Waals surface area (Å²) < 4.78 is 61.5. The van der Waals surface area contributed by atoms with Gasteiger partial charge in [-0.05, 0) is 111 Å². The van der Waals surface area contributed by atoms with E-state index in [0.717, 1.165) is 77.4 Å². The van der Waals surface area contributed by atoms with Crippen molar-refractivity contribution in [3.8, 4) is 45.0 Å². The first-order valence-electron chi connectivity index (χ1n) is 22.6. The molecule has 0 bridgehead atoms. The average Bonchev–Trinajstić information content (AvgIpc) is 4.01. The Hall–Kier alpha value is -4.84. The molecular formula is C49H60F2N8O4S2. The summed E-state index contributed by atoms with van der Waals surface area (Å²) in [4.78, 5) is 18.5. The lowest BCUT2D eigenvalue weighted by atomic mass is 10.0. The van der Waals surface area contributed by atoms with Gasteiger partial charge in [0.05, 0.1) is 11.4 Å². The number of aliphatic hydroxyl groups excluding tert-OH is 1. The van der Waals surface area contributed by atoms with E-state index < -0.39 is 22.4 Å². The van der Waals surface area contributed by atoms with E-state index in [4.69, 9.17) is 9.72 Å². The van der Waals surface area contributed by atoms with Gasteiger partial charge >= 0.3 is 10.3 Å². The summed E-state index contributed by atoms with van der Waals surface area (Å²) in [5, 5.41) is 17.5. The highest BCUT2D eigenvalue weighted by atomic mass is 32.2. The molecule has 3 N–H and O–H groups in total. The maximum Gasteiger partial charge on any atom is 0.324 e. The number of nitrogens with zero attached hydrogens (tertiary/aromatic N) is 6. The highest BCUT2D eigenvalue weighted by Crippen LogP contribution is 2.38. The van der Waals surface area contributed by atoms with Crippen molar-refractivity contribution in [1.29, 1.82) is 0 Å². The number of pyridine rings is 2. The zero-order chi connectivity index (χ0) is 45.7. The zero-order valence-electron chi connectivity index (χ0n) is 37.5. The molecule has 0 saturated heterocycles. The van der Waals surface area contributed by atoms with Crippen molar-refractivity contribution in [2.75, 3.05) is 43.5 Å². The molecule has 4 heterocycles. The third kappa shape index (κ3) is 12.5. The number of rotatable bonds is 17. The predicted molar refractivity (Wildman–Crippen MR) is 256 cm³/mol. The molecule has 346 valence electrons. The summed E-state index contributed by atoms with van der Waals surface area (Å²) in [7, 11) is 1.67. The Labute approximate surface area is 387 Å². The van der Waals surface area contributed by atoms with Gasteiger partial charge in [-0.2, -0.15) is 9.97 Å². The van der Waals surface area contributed by atoms with Crippen LogP contribution in [0.4, 0.5) is 20.4 Å². The zero-order valence-corrected chi connectivity index (χ0v) is 39.1. The van der Waals surface area contributed by atoms with E-state index in [1.54, 1.807) is 56.3 Å². The number of hydrogen-bond donors (Lipinski definition) is 3. The van der Waals surface area contributed by atoms with E-state index in [1.165, 1.54) is 62.8 Å². The first-order chi connectivity index (χ1) is 31.6. The number of imidazole rings is 2. The fraction of sp³-hybridized carbons (Fsp3) is 0.429. The first kappa shape index (κ1) is 48.1. The molecule has 12 nitrogen and oxygen atoms in total. The third-order valence-electron chi connectivity index (χ3n) is 11.9. The van der Waals surface area contributed by atoms with Gasteiger partial charge in [-0.25, -0.2) is 18.7 Å². The van der Waals surface area contributed by atoms with Crippen LogP contribution in [0.5, 0.6) is 0 Å². The molecule has 2 aliphatic rings. The molecule has 4 aromatic heterocycles. The number of anilines is 2. The maximum atomic E-state index is 13.6. The van der Waals surface area contributed by atoms with Crippen molar-refractivity contribution < 1.29 is 27.7 Å². The molecular weight excluding hydrogens is 867 g/mol. The van der Waals surface area contributed by atoms with Crippen molar-refractivity contribution >= 4 is 34.0 Å². The minimum atomic E-state index is -1.33. The molecule has 2 fully saturated rings. The van der Waals surface area contributed by atoms with E-state index in [-0.39, 0.29) is 18.2 Å². The molecule has 16 heteroatoms. The van der Waals surface area contributed by atoms with Crippen LogP contribution in [0.2, 0.25) is 0 Å². The minimum Gasteiger partial charge on any atom is -0.609 e. The van der Waals surface area contributed by atoms with Crippen molar-refractivity contribution in [2.45, 2.75) is 113 Å². The monoisotopic (exact) mass is 926 g/mol. The number of ether oxygens (including phenoxy) is 1. The number of aliphatic hydroxyl groups is 1. The van der Waals surface area contributed by atoms with Crippen LogP contribution >= 0.6 is 0 Å². The molecule has 6 aromatic rings. The van der Waals surface area contributed by atoms with Crippen molar-refractivity contribution in [3.05, 3.63) is 96.8 Å². The van der Waals surface area contributed by atoms with Gasteiger partial charge < -0.3 is 29.6 Å². The number of halogens is 2. The number of hydrogen-bond acceptors (Lipinski definition) is 10. The normalized spacial score (nSPS) is 15.6. The van der Waals surface area contributed by atoms with E-state index in [1.807, 2.05) is 33.4 Å². The lowest BCUT2D eigenvalue weighted by molar-refractivity contribution is 0.189. The fourth-order valence-corrected chi connectivity index (χ4v) is 10.2. The van der Waals surface area contributed by atoms with E-state index in [9.17, 15) is 23.0 Å². The molecule has 2 atom stereocenters. The highest BCUT2D eigenvalue weighted by Gasteiger charge is 2.28. The quantitative estimate of drug-likeness (QED) is 0.0456. The summed E-state index contributed by atoms with van der Waals surface area (Å²) in [5.74, 6) is 1.00. The van der Waals surface area contributed by atoms with E-state index in [2.05, 4.69) is 25.6 Å². The summed E-state index contributed by atoms with van der Waals surface area (Å²) in [5.41, 5.74) is 6.33. The molecule has 0 amide bonds. The smallest absolute Gasteiger partial charge is 0.324 e. The van der Waals surface area contributed by atoms with Gasteiger partial charge in [0, 0.05) is 102 Å². The number of nitrogens with one attached hydrogen (secondary N) is 2. The van der Waals surface area contributed by atoms with Crippen LogP contribution in [-0.4, -0.2) is 88.2 Å². The molecule has 8 rings (SSSR count). The molecule has 0 spiro atoms. The highest BCUT2D eigenvalue weighted by molar-refractivity contribution is 7.90. The number of methoxy groups -OCH3 is 1. The van der Waals surface area contributed by atoms with Crippen LogP contribution in [0.25, 0.3) is 45.0 Å². The Morgan fingerprint density at radius 3 is 1.45 bits per heavy atom. The summed E-state index contributed by atoms with van der Waals surface area (Å²) >= 11 is -2.62. The summed E-state index contributed by atoms with van der Waals surface area (Å²) in [6, 6.07) is 21.2. The molecule has 2 saturated carbocycles.